The van der Waals surface area contributed by atoms with Gasteiger partial charge in [-0.3, -0.25) is 9.59 Å². The number of fused-ring (bicyclic) bond motifs is 1. The first-order valence-electron chi connectivity index (χ1n) is 13.5. The van der Waals surface area contributed by atoms with E-state index >= 15 is 4.39 Å². The Balaban J connectivity index is 0.00000131. The summed E-state index contributed by atoms with van der Waals surface area (Å²) in [5.74, 6) is -2.56. The second kappa shape index (κ2) is 15.4. The summed E-state index contributed by atoms with van der Waals surface area (Å²) in [5, 5.41) is 0. The van der Waals surface area contributed by atoms with Crippen molar-refractivity contribution in [3.8, 4) is 0 Å². The maximum atomic E-state index is 15.7. The predicted octanol–water partition coefficient (Wildman–Crippen LogP) is 9.30. The summed E-state index contributed by atoms with van der Waals surface area (Å²) < 4.78 is 44.7. The highest BCUT2D eigenvalue weighted by atomic mass is 19.1. The van der Waals surface area contributed by atoms with E-state index in [0.29, 0.717) is 40.8 Å². The second-order valence-electron chi connectivity index (χ2n) is 8.70. The van der Waals surface area contributed by atoms with Crippen LogP contribution in [0.2, 0.25) is 0 Å². The number of carbonyl (C=O) groups excluding carboxylic acids is 1. The van der Waals surface area contributed by atoms with Gasteiger partial charge in [0.25, 0.3) is 0 Å². The van der Waals surface area contributed by atoms with Gasteiger partial charge in [0.05, 0.1) is 11.3 Å². The number of aromatic nitrogens is 1. The summed E-state index contributed by atoms with van der Waals surface area (Å²) >= 11 is 0. The van der Waals surface area contributed by atoms with Crippen LogP contribution in [0.15, 0.2) is 90.4 Å². The molecule has 6 heteroatoms. The van der Waals surface area contributed by atoms with Crippen molar-refractivity contribution in [1.29, 1.82) is 0 Å². The van der Waals surface area contributed by atoms with Crippen LogP contribution in [0, 0.1) is 17.5 Å². The molecule has 0 unspecified atom stereocenters. The summed E-state index contributed by atoms with van der Waals surface area (Å²) in [6.45, 7) is 13.8. The Kier molecular flexibility index (Phi) is 12.3. The molecule has 1 aromatic heterocycles. The van der Waals surface area contributed by atoms with Crippen molar-refractivity contribution in [1.82, 2.24) is 4.57 Å². The van der Waals surface area contributed by atoms with Crippen molar-refractivity contribution in [3.05, 3.63) is 136 Å². The van der Waals surface area contributed by atoms with E-state index in [1.54, 1.807) is 47.9 Å². The molecule has 0 amide bonds. The summed E-state index contributed by atoms with van der Waals surface area (Å²) in [5.41, 5.74) is 1.51. The third-order valence-corrected chi connectivity index (χ3v) is 5.87. The van der Waals surface area contributed by atoms with Gasteiger partial charge in [-0.05, 0) is 66.0 Å². The molecule has 0 atom stereocenters. The van der Waals surface area contributed by atoms with Crippen LogP contribution in [0.3, 0.4) is 0 Å². The van der Waals surface area contributed by atoms with Crippen LogP contribution in [-0.4, -0.2) is 10.4 Å². The Morgan fingerprint density at radius 3 is 2.00 bits per heavy atom. The number of allylic oxidation sites excluding steroid dienone is 7. The fourth-order valence-electron chi connectivity index (χ4n) is 4.22. The number of ketones is 1. The summed E-state index contributed by atoms with van der Waals surface area (Å²) in [6.07, 6.45) is 9.48. The van der Waals surface area contributed by atoms with E-state index in [9.17, 15) is 18.4 Å². The Morgan fingerprint density at radius 1 is 0.975 bits per heavy atom. The van der Waals surface area contributed by atoms with Gasteiger partial charge in [-0.1, -0.05) is 83.2 Å². The fourth-order valence-corrected chi connectivity index (χ4v) is 4.22. The molecule has 2 aromatic carbocycles. The number of benzene rings is 2. The largest absolute Gasteiger partial charge is 0.344 e. The number of nitrogens with zero attached hydrogens (tertiary/aromatic N) is 1. The number of carbonyl (C=O) groups is 1. The van der Waals surface area contributed by atoms with E-state index in [2.05, 4.69) is 20.4 Å². The highest BCUT2D eigenvalue weighted by molar-refractivity contribution is 6.16. The van der Waals surface area contributed by atoms with Gasteiger partial charge in [0, 0.05) is 19.7 Å². The molecule has 0 radical (unpaired) electrons. The molecule has 1 aliphatic rings. The monoisotopic (exact) mass is 549 g/mol. The molecule has 0 N–H and O–H groups in total. The zero-order valence-corrected chi connectivity index (χ0v) is 23.7. The number of pyridine rings is 1. The molecule has 0 aliphatic carbocycles. The molecule has 4 rings (SSSR count). The zero-order valence-electron chi connectivity index (χ0n) is 23.7. The summed E-state index contributed by atoms with van der Waals surface area (Å²) in [6, 6.07) is 11.6. The Bertz CT molecular complexity index is 1480. The lowest BCUT2D eigenvalue weighted by Gasteiger charge is -2.20. The van der Waals surface area contributed by atoms with Gasteiger partial charge in [0.15, 0.2) is 11.6 Å². The molecule has 0 fully saturated rings. The standard InChI is InChI=1S/C29H22F3NO2.C3H8.C2H6.H2/c1-3-22(18-8-12-20(30)13-9-18)26(19-10-14-21(31)15-11-19)23-7-5-6-16-33-17-24(25(34)4-2)29(35)27(32)28(23)33;1-3-2;1-2;/h3-5,7-15,17H,2,6,16H2,1H3;3H2,1-2H3;1-2H3;1H/b22-3+,26-23+;;;. The van der Waals surface area contributed by atoms with Gasteiger partial charge in [-0.25, -0.2) is 13.2 Å². The van der Waals surface area contributed by atoms with E-state index < -0.39 is 28.7 Å². The number of halogens is 3. The molecule has 40 heavy (non-hydrogen) atoms. The Hall–Kier alpha value is -4.19. The van der Waals surface area contributed by atoms with Crippen molar-refractivity contribution in [2.45, 2.75) is 54.0 Å². The van der Waals surface area contributed by atoms with Crippen LogP contribution in [0.25, 0.3) is 16.7 Å². The molecule has 0 saturated carbocycles. The minimum atomic E-state index is -1.06. The van der Waals surface area contributed by atoms with Crippen molar-refractivity contribution in [2.75, 3.05) is 0 Å². The highest BCUT2D eigenvalue weighted by Gasteiger charge is 2.25. The van der Waals surface area contributed by atoms with E-state index in [-0.39, 0.29) is 12.7 Å². The van der Waals surface area contributed by atoms with Crippen molar-refractivity contribution < 1.29 is 19.4 Å². The molecule has 3 aromatic rings. The van der Waals surface area contributed by atoms with Crippen LogP contribution in [0.4, 0.5) is 13.2 Å². The maximum Gasteiger partial charge on any atom is 0.228 e. The summed E-state index contributed by atoms with van der Waals surface area (Å²) in [4.78, 5) is 25.0. The average Bonchev–Trinajstić information content (AvgIpc) is 3.18. The highest BCUT2D eigenvalue weighted by Crippen LogP contribution is 2.39. The molecular formula is C34H38F3NO2. The van der Waals surface area contributed by atoms with Gasteiger partial charge < -0.3 is 4.57 Å². The summed E-state index contributed by atoms with van der Waals surface area (Å²) in [7, 11) is 0. The zero-order chi connectivity index (χ0) is 29.8. The van der Waals surface area contributed by atoms with Crippen LogP contribution in [0.1, 0.15) is 76.1 Å². The fraction of sp³-hybridized carbons (Fsp3) is 0.235. The normalized spacial score (nSPS) is 13.6. The SMILES string of the molecule is C=CC(=O)c1cn2c(c(F)c1=O)/C(=C(/C(=C/C)c1ccc(F)cc1)c1ccc(F)cc1)C=CCC2.CC.CCC.[HH]. The van der Waals surface area contributed by atoms with Crippen LogP contribution >= 0.6 is 0 Å². The minimum absolute atomic E-state index is 0. The quantitative estimate of drug-likeness (QED) is 0.235. The molecule has 0 saturated heterocycles. The third kappa shape index (κ3) is 7.26. The lowest BCUT2D eigenvalue weighted by molar-refractivity contribution is 0.104. The topological polar surface area (TPSA) is 39.1 Å². The van der Waals surface area contributed by atoms with E-state index in [4.69, 9.17) is 0 Å². The minimum Gasteiger partial charge on any atom is -0.344 e. The van der Waals surface area contributed by atoms with Crippen LogP contribution in [-0.2, 0) is 6.54 Å². The lowest BCUT2D eigenvalue weighted by Crippen LogP contribution is -2.24. The number of hydrogen-bond acceptors (Lipinski definition) is 2. The molecule has 0 bridgehead atoms. The molecule has 3 nitrogen and oxygen atoms in total. The van der Waals surface area contributed by atoms with Crippen molar-refractivity contribution in [3.63, 3.8) is 0 Å². The smallest absolute Gasteiger partial charge is 0.228 e. The number of hydrogen-bond donors (Lipinski definition) is 0. The maximum absolute atomic E-state index is 15.7. The van der Waals surface area contributed by atoms with Crippen molar-refractivity contribution >= 4 is 22.5 Å². The van der Waals surface area contributed by atoms with E-state index in [1.165, 1.54) is 36.9 Å². The van der Waals surface area contributed by atoms with E-state index in [0.717, 1.165) is 6.08 Å². The van der Waals surface area contributed by atoms with Gasteiger partial charge in [-0.15, -0.1) is 0 Å². The van der Waals surface area contributed by atoms with Gasteiger partial charge >= 0.3 is 0 Å². The van der Waals surface area contributed by atoms with Gasteiger partial charge in [-0.2, -0.15) is 0 Å². The third-order valence-electron chi connectivity index (χ3n) is 5.87. The second-order valence-corrected chi connectivity index (χ2v) is 8.70. The van der Waals surface area contributed by atoms with Crippen LogP contribution < -0.4 is 5.43 Å². The molecule has 212 valence electrons. The van der Waals surface area contributed by atoms with Crippen LogP contribution in [0.5, 0.6) is 0 Å². The number of rotatable bonds is 5. The molecule has 0 spiro atoms. The molecular weight excluding hydrogens is 511 g/mol. The van der Waals surface area contributed by atoms with Gasteiger partial charge in [0.2, 0.25) is 5.43 Å². The van der Waals surface area contributed by atoms with Crippen molar-refractivity contribution in [2.24, 2.45) is 0 Å². The Labute approximate surface area is 236 Å². The first-order chi connectivity index (χ1) is 19.3. The first-order valence-corrected chi connectivity index (χ1v) is 13.5. The molecule has 1 aliphatic heterocycles. The van der Waals surface area contributed by atoms with E-state index in [1.807, 2.05) is 19.9 Å². The van der Waals surface area contributed by atoms with Gasteiger partial charge in [0.1, 0.15) is 11.6 Å². The number of aryl methyl sites for hydroxylation is 1. The average molecular weight is 550 g/mol. The molecule has 2 heterocycles. The Morgan fingerprint density at radius 2 is 1.50 bits per heavy atom. The predicted molar refractivity (Wildman–Crippen MR) is 162 cm³/mol. The lowest BCUT2D eigenvalue weighted by atomic mass is 9.86. The first kappa shape index (κ1) is 32.0.